The highest BCUT2D eigenvalue weighted by molar-refractivity contribution is 6.32. The van der Waals surface area contributed by atoms with Crippen LogP contribution in [-0.2, 0) is 5.60 Å². The number of hydrogen-bond donors (Lipinski definition) is 3. The third-order valence-electron chi connectivity index (χ3n) is 3.79. The molecule has 0 fully saturated rings. The number of nitrogen functional groups attached to an aromatic ring is 1. The van der Waals surface area contributed by atoms with Gasteiger partial charge in [0.05, 0.1) is 19.0 Å². The molecule has 3 aromatic rings. The highest BCUT2D eigenvalue weighted by Gasteiger charge is 2.24. The molecule has 2 heterocycles. The molecule has 1 aromatic carbocycles. The number of aromatic nitrogens is 3. The lowest BCUT2D eigenvalue weighted by molar-refractivity contribution is 0.112. The van der Waals surface area contributed by atoms with Crippen molar-refractivity contribution in [3.63, 3.8) is 0 Å². The number of benzene rings is 1. The highest BCUT2D eigenvalue weighted by Crippen LogP contribution is 2.31. The van der Waals surface area contributed by atoms with Crippen molar-refractivity contribution in [1.82, 2.24) is 15.1 Å². The molecule has 0 bridgehead atoms. The summed E-state index contributed by atoms with van der Waals surface area (Å²) in [4.78, 5) is 7.90. The van der Waals surface area contributed by atoms with Crippen LogP contribution in [0.25, 0.3) is 0 Å². The van der Waals surface area contributed by atoms with E-state index in [1.165, 1.54) is 6.20 Å². The third-order valence-corrected chi connectivity index (χ3v) is 4.07. The SMILES string of the molecule is COc1ccc(C#CC(C)(O)c2cc(C)on2)cc1Nc1nc(N)ncc1Cl. The second-order valence-electron chi connectivity index (χ2n) is 6.11. The summed E-state index contributed by atoms with van der Waals surface area (Å²) in [6.45, 7) is 3.29. The van der Waals surface area contributed by atoms with Crippen molar-refractivity contribution in [3.8, 4) is 17.6 Å². The molecule has 0 radical (unpaired) electrons. The molecule has 0 aliphatic rings. The molecule has 9 heteroatoms. The van der Waals surface area contributed by atoms with Crippen LogP contribution in [0.5, 0.6) is 5.75 Å². The molecule has 8 nitrogen and oxygen atoms in total. The predicted molar refractivity (Wildman–Crippen MR) is 105 cm³/mol. The van der Waals surface area contributed by atoms with Gasteiger partial charge < -0.3 is 25.4 Å². The minimum atomic E-state index is -1.46. The first-order valence-electron chi connectivity index (χ1n) is 8.21. The van der Waals surface area contributed by atoms with Crippen LogP contribution in [0.2, 0.25) is 5.02 Å². The number of nitrogens with one attached hydrogen (secondary N) is 1. The fourth-order valence-electron chi connectivity index (χ4n) is 2.33. The molecule has 0 saturated heterocycles. The number of hydrogen-bond acceptors (Lipinski definition) is 8. The van der Waals surface area contributed by atoms with E-state index < -0.39 is 5.60 Å². The average Bonchev–Trinajstić information content (AvgIpc) is 3.11. The van der Waals surface area contributed by atoms with Crippen LogP contribution in [-0.4, -0.2) is 27.3 Å². The Balaban J connectivity index is 1.92. The van der Waals surface area contributed by atoms with E-state index in [4.69, 9.17) is 26.6 Å². The maximum atomic E-state index is 10.5. The standard InChI is InChI=1S/C19H18ClN5O3/c1-11-8-16(25-28-11)19(2,26)7-6-12-4-5-15(27-3)14(9-12)23-17-13(20)10-22-18(21)24-17/h4-5,8-10,26H,1-3H3,(H3,21,22,23,24). The van der Waals surface area contributed by atoms with E-state index in [-0.39, 0.29) is 5.95 Å². The van der Waals surface area contributed by atoms with Crippen LogP contribution in [0, 0.1) is 18.8 Å². The van der Waals surface area contributed by atoms with Crippen LogP contribution in [0.1, 0.15) is 23.9 Å². The molecule has 28 heavy (non-hydrogen) atoms. The van der Waals surface area contributed by atoms with E-state index >= 15 is 0 Å². The molecule has 0 saturated carbocycles. The summed E-state index contributed by atoms with van der Waals surface area (Å²) < 4.78 is 10.4. The molecule has 0 aliphatic heterocycles. The van der Waals surface area contributed by atoms with Gasteiger partial charge in [0.25, 0.3) is 0 Å². The quantitative estimate of drug-likeness (QED) is 0.573. The van der Waals surface area contributed by atoms with Gasteiger partial charge in [0.2, 0.25) is 5.95 Å². The van der Waals surface area contributed by atoms with Gasteiger partial charge in [0.15, 0.2) is 11.4 Å². The molecule has 0 aliphatic carbocycles. The van der Waals surface area contributed by atoms with Crippen molar-refractivity contribution in [3.05, 3.63) is 52.5 Å². The summed E-state index contributed by atoms with van der Waals surface area (Å²) in [5.41, 5.74) is 5.70. The van der Waals surface area contributed by atoms with Crippen LogP contribution in [0.4, 0.5) is 17.5 Å². The second kappa shape index (κ2) is 7.76. The van der Waals surface area contributed by atoms with Crippen LogP contribution >= 0.6 is 11.6 Å². The minimum Gasteiger partial charge on any atom is -0.495 e. The number of halogens is 1. The lowest BCUT2D eigenvalue weighted by atomic mass is 10.0. The van der Waals surface area contributed by atoms with Crippen LogP contribution < -0.4 is 15.8 Å². The molecule has 4 N–H and O–H groups in total. The maximum absolute atomic E-state index is 10.5. The Morgan fingerprint density at radius 3 is 2.82 bits per heavy atom. The largest absolute Gasteiger partial charge is 0.495 e. The summed E-state index contributed by atoms with van der Waals surface area (Å²) >= 11 is 6.11. The number of rotatable bonds is 4. The zero-order chi connectivity index (χ0) is 20.3. The lowest BCUT2D eigenvalue weighted by Gasteiger charge is -2.13. The zero-order valence-electron chi connectivity index (χ0n) is 15.4. The number of nitrogens with two attached hydrogens (primary N) is 1. The topological polar surface area (TPSA) is 119 Å². The van der Waals surface area contributed by atoms with E-state index in [1.807, 2.05) is 0 Å². The molecular weight excluding hydrogens is 382 g/mol. The van der Waals surface area contributed by atoms with Gasteiger partial charge in [-0.25, -0.2) is 4.98 Å². The van der Waals surface area contributed by atoms with E-state index in [9.17, 15) is 5.11 Å². The van der Waals surface area contributed by atoms with Gasteiger partial charge in [-0.2, -0.15) is 4.98 Å². The fourth-order valence-corrected chi connectivity index (χ4v) is 2.47. The highest BCUT2D eigenvalue weighted by atomic mass is 35.5. The first-order chi connectivity index (χ1) is 13.3. The van der Waals surface area contributed by atoms with Gasteiger partial charge in [-0.05, 0) is 32.0 Å². The molecule has 0 amide bonds. The summed E-state index contributed by atoms with van der Waals surface area (Å²) in [6, 6.07) is 6.87. The number of nitrogens with zero attached hydrogens (tertiary/aromatic N) is 3. The van der Waals surface area contributed by atoms with E-state index in [0.29, 0.717) is 39.3 Å². The smallest absolute Gasteiger partial charge is 0.222 e. The minimum absolute atomic E-state index is 0.0840. The van der Waals surface area contributed by atoms with Crippen molar-refractivity contribution >= 4 is 29.1 Å². The van der Waals surface area contributed by atoms with E-state index in [2.05, 4.69) is 32.3 Å². The average molecular weight is 400 g/mol. The van der Waals surface area contributed by atoms with E-state index in [0.717, 1.165) is 0 Å². The van der Waals surface area contributed by atoms with E-state index in [1.54, 1.807) is 45.2 Å². The van der Waals surface area contributed by atoms with Crippen molar-refractivity contribution in [2.75, 3.05) is 18.2 Å². The molecule has 1 atom stereocenters. The Labute approximate surface area is 166 Å². The molecule has 144 valence electrons. The second-order valence-corrected chi connectivity index (χ2v) is 6.52. The normalized spacial score (nSPS) is 12.6. The zero-order valence-corrected chi connectivity index (χ0v) is 16.2. The number of ether oxygens (including phenoxy) is 1. The van der Waals surface area contributed by atoms with Gasteiger partial charge >= 0.3 is 0 Å². The Morgan fingerprint density at radius 2 is 2.14 bits per heavy atom. The summed E-state index contributed by atoms with van der Waals surface area (Å²) in [6.07, 6.45) is 1.40. The first kappa shape index (κ1) is 19.5. The number of methoxy groups -OCH3 is 1. The molecule has 1 unspecified atom stereocenters. The van der Waals surface area contributed by atoms with Crippen molar-refractivity contribution < 1.29 is 14.4 Å². The Bertz CT molecular complexity index is 1070. The Morgan fingerprint density at radius 1 is 1.36 bits per heavy atom. The van der Waals surface area contributed by atoms with Crippen molar-refractivity contribution in [2.45, 2.75) is 19.4 Å². The van der Waals surface area contributed by atoms with Gasteiger partial charge in [0.1, 0.15) is 22.2 Å². The summed E-state index contributed by atoms with van der Waals surface area (Å²) in [5, 5.41) is 17.7. The number of aryl methyl sites for hydroxylation is 1. The summed E-state index contributed by atoms with van der Waals surface area (Å²) in [7, 11) is 1.54. The lowest BCUT2D eigenvalue weighted by Crippen LogP contribution is -2.18. The van der Waals surface area contributed by atoms with Crippen molar-refractivity contribution in [2.24, 2.45) is 0 Å². The van der Waals surface area contributed by atoms with Gasteiger partial charge in [0, 0.05) is 11.6 Å². The molecule has 2 aromatic heterocycles. The monoisotopic (exact) mass is 399 g/mol. The number of aliphatic hydroxyl groups is 1. The van der Waals surface area contributed by atoms with Gasteiger partial charge in [-0.1, -0.05) is 28.6 Å². The van der Waals surface area contributed by atoms with Gasteiger partial charge in [-0.15, -0.1) is 0 Å². The van der Waals surface area contributed by atoms with Crippen LogP contribution in [0.3, 0.4) is 0 Å². The van der Waals surface area contributed by atoms with Crippen LogP contribution in [0.15, 0.2) is 35.0 Å². The summed E-state index contributed by atoms with van der Waals surface area (Å²) in [5.74, 6) is 7.29. The molecular formula is C19H18ClN5O3. The number of anilines is 3. The van der Waals surface area contributed by atoms with Gasteiger partial charge in [-0.3, -0.25) is 0 Å². The Kier molecular flexibility index (Phi) is 5.40. The fraction of sp³-hybridized carbons (Fsp3) is 0.211. The third kappa shape index (κ3) is 4.34. The Hall–Kier alpha value is -3.28. The molecule has 3 rings (SSSR count). The first-order valence-corrected chi connectivity index (χ1v) is 8.58. The van der Waals surface area contributed by atoms with Crippen molar-refractivity contribution in [1.29, 1.82) is 0 Å². The predicted octanol–water partition coefficient (Wildman–Crippen LogP) is 3.02. The maximum Gasteiger partial charge on any atom is 0.222 e. The molecule has 0 spiro atoms.